The van der Waals surface area contributed by atoms with Crippen LogP contribution in [0, 0.1) is 5.92 Å². The number of amides is 2. The van der Waals surface area contributed by atoms with E-state index in [1.54, 1.807) is 7.11 Å². The van der Waals surface area contributed by atoms with E-state index in [0.717, 1.165) is 24.2 Å². The van der Waals surface area contributed by atoms with Gasteiger partial charge in [-0.25, -0.2) is 0 Å². The predicted molar refractivity (Wildman–Crippen MR) is 93.9 cm³/mol. The third kappa shape index (κ3) is 4.73. The molecule has 0 radical (unpaired) electrons. The van der Waals surface area contributed by atoms with Crippen LogP contribution < -0.4 is 4.74 Å². The number of hydrogen-bond donors (Lipinski definition) is 0. The van der Waals surface area contributed by atoms with Crippen LogP contribution in [0.15, 0.2) is 24.3 Å². The molecular weight excluding hydrogens is 304 g/mol. The summed E-state index contributed by atoms with van der Waals surface area (Å²) in [5, 5.41) is 0. The number of benzene rings is 1. The highest BCUT2D eigenvalue weighted by atomic mass is 16.5. The fraction of sp³-hybridized carbons (Fsp3) is 0.579. The van der Waals surface area contributed by atoms with Crippen molar-refractivity contribution in [1.29, 1.82) is 0 Å². The molecule has 0 N–H and O–H groups in total. The van der Waals surface area contributed by atoms with Gasteiger partial charge in [0.1, 0.15) is 5.75 Å². The molecule has 2 rings (SSSR count). The van der Waals surface area contributed by atoms with Crippen LogP contribution in [0.4, 0.5) is 0 Å². The van der Waals surface area contributed by atoms with E-state index in [2.05, 4.69) is 6.92 Å². The van der Waals surface area contributed by atoms with Gasteiger partial charge in [-0.15, -0.1) is 0 Å². The Balaban J connectivity index is 1.85. The Morgan fingerprint density at radius 3 is 2.46 bits per heavy atom. The quantitative estimate of drug-likeness (QED) is 0.803. The van der Waals surface area contributed by atoms with Crippen molar-refractivity contribution in [1.82, 2.24) is 9.80 Å². The highest BCUT2D eigenvalue weighted by molar-refractivity contribution is 5.81. The average molecular weight is 332 g/mol. The van der Waals surface area contributed by atoms with Crippen molar-refractivity contribution in [3.63, 3.8) is 0 Å². The Morgan fingerprint density at radius 1 is 1.17 bits per heavy atom. The zero-order valence-corrected chi connectivity index (χ0v) is 15.0. The zero-order valence-electron chi connectivity index (χ0n) is 15.0. The normalized spacial score (nSPS) is 16.0. The van der Waals surface area contributed by atoms with Gasteiger partial charge >= 0.3 is 0 Å². The second-order valence-electron chi connectivity index (χ2n) is 6.42. The van der Waals surface area contributed by atoms with E-state index in [1.807, 2.05) is 41.0 Å². The summed E-state index contributed by atoms with van der Waals surface area (Å²) in [5.41, 5.74) is 0.953. The summed E-state index contributed by atoms with van der Waals surface area (Å²) in [6, 6.07) is 7.60. The van der Waals surface area contributed by atoms with Gasteiger partial charge in [-0.2, -0.15) is 0 Å². The number of ether oxygens (including phenoxy) is 1. The van der Waals surface area contributed by atoms with Gasteiger partial charge in [-0.05, 0) is 24.1 Å². The van der Waals surface area contributed by atoms with Crippen molar-refractivity contribution in [2.45, 2.75) is 33.1 Å². The van der Waals surface area contributed by atoms with Crippen molar-refractivity contribution >= 4 is 11.8 Å². The van der Waals surface area contributed by atoms with Gasteiger partial charge in [-0.3, -0.25) is 9.59 Å². The summed E-state index contributed by atoms with van der Waals surface area (Å²) in [6.07, 6.45) is 2.32. The van der Waals surface area contributed by atoms with E-state index in [4.69, 9.17) is 4.74 Å². The summed E-state index contributed by atoms with van der Waals surface area (Å²) >= 11 is 0. The van der Waals surface area contributed by atoms with Gasteiger partial charge in [-0.1, -0.05) is 32.4 Å². The van der Waals surface area contributed by atoms with Crippen molar-refractivity contribution in [2.24, 2.45) is 5.92 Å². The molecule has 1 aliphatic rings. The Hall–Kier alpha value is -2.04. The Kier molecular flexibility index (Phi) is 6.64. The van der Waals surface area contributed by atoms with E-state index >= 15 is 0 Å². The topological polar surface area (TPSA) is 49.9 Å². The van der Waals surface area contributed by atoms with Gasteiger partial charge in [0, 0.05) is 32.1 Å². The molecule has 1 aromatic carbocycles. The third-order valence-electron chi connectivity index (χ3n) is 4.58. The zero-order chi connectivity index (χ0) is 17.5. The van der Waals surface area contributed by atoms with Crippen LogP contribution in [0.5, 0.6) is 5.75 Å². The Bertz CT molecular complexity index is 565. The van der Waals surface area contributed by atoms with E-state index < -0.39 is 0 Å². The van der Waals surface area contributed by atoms with Crippen LogP contribution in [0.3, 0.4) is 0 Å². The lowest BCUT2D eigenvalue weighted by atomic mass is 10.0. The van der Waals surface area contributed by atoms with Gasteiger partial charge in [0.05, 0.1) is 13.5 Å². The molecule has 0 aromatic heterocycles. The highest BCUT2D eigenvalue weighted by Crippen LogP contribution is 2.15. The number of methoxy groups -OCH3 is 1. The molecule has 5 nitrogen and oxygen atoms in total. The first-order valence-electron chi connectivity index (χ1n) is 8.74. The average Bonchev–Trinajstić information content (AvgIpc) is 2.61. The maximum atomic E-state index is 12.5. The molecule has 1 heterocycles. The summed E-state index contributed by atoms with van der Waals surface area (Å²) in [6.45, 7) is 6.60. The van der Waals surface area contributed by atoms with Crippen LogP contribution in [0.1, 0.15) is 32.3 Å². The third-order valence-corrected chi connectivity index (χ3v) is 4.58. The summed E-state index contributed by atoms with van der Waals surface area (Å²) in [7, 11) is 1.62. The molecule has 1 saturated heterocycles. The van der Waals surface area contributed by atoms with Gasteiger partial charge in [0.25, 0.3) is 0 Å². The van der Waals surface area contributed by atoms with Gasteiger partial charge in [0.2, 0.25) is 11.8 Å². The summed E-state index contributed by atoms with van der Waals surface area (Å²) in [4.78, 5) is 28.5. The molecule has 24 heavy (non-hydrogen) atoms. The Morgan fingerprint density at radius 2 is 1.83 bits per heavy atom. The number of hydrogen-bond acceptors (Lipinski definition) is 3. The maximum Gasteiger partial charge on any atom is 0.227 e. The van der Waals surface area contributed by atoms with E-state index in [9.17, 15) is 9.59 Å². The summed E-state index contributed by atoms with van der Waals surface area (Å²) < 4.78 is 5.20. The monoisotopic (exact) mass is 332 g/mol. The molecule has 5 heteroatoms. The smallest absolute Gasteiger partial charge is 0.227 e. The number of carbonyl (C=O) groups is 2. The number of nitrogens with zero attached hydrogens (tertiary/aromatic N) is 2. The minimum atomic E-state index is 0.0778. The highest BCUT2D eigenvalue weighted by Gasteiger charge is 2.26. The van der Waals surface area contributed by atoms with Crippen LogP contribution in [-0.4, -0.2) is 54.9 Å². The molecule has 1 fully saturated rings. The van der Waals surface area contributed by atoms with E-state index in [-0.39, 0.29) is 17.7 Å². The molecule has 1 atom stereocenters. The second kappa shape index (κ2) is 8.71. The molecule has 1 aromatic rings. The minimum Gasteiger partial charge on any atom is -0.497 e. The van der Waals surface area contributed by atoms with Crippen LogP contribution >= 0.6 is 0 Å². The molecule has 0 bridgehead atoms. The lowest BCUT2D eigenvalue weighted by molar-refractivity contribution is -0.141. The molecule has 1 aliphatic heterocycles. The van der Waals surface area contributed by atoms with Gasteiger partial charge in [0.15, 0.2) is 0 Å². The first-order valence-corrected chi connectivity index (χ1v) is 8.74. The van der Waals surface area contributed by atoms with Crippen LogP contribution in [0.25, 0.3) is 0 Å². The van der Waals surface area contributed by atoms with E-state index in [1.165, 1.54) is 0 Å². The molecule has 0 spiro atoms. The number of piperazine rings is 1. The number of carbonyl (C=O) groups excluding carboxylic acids is 2. The second-order valence-corrected chi connectivity index (χ2v) is 6.42. The van der Waals surface area contributed by atoms with Crippen molar-refractivity contribution in [3.05, 3.63) is 29.8 Å². The van der Waals surface area contributed by atoms with Crippen molar-refractivity contribution in [2.75, 3.05) is 33.3 Å². The Labute approximate surface area is 144 Å². The predicted octanol–water partition coefficient (Wildman–Crippen LogP) is 2.34. The largest absolute Gasteiger partial charge is 0.497 e. The lowest BCUT2D eigenvalue weighted by Gasteiger charge is -2.36. The molecule has 0 aliphatic carbocycles. The fourth-order valence-corrected chi connectivity index (χ4v) is 3.11. The SMILES string of the molecule is CCC[C@@H](C)C(=O)N1CCN(C(=O)Cc2cccc(OC)c2)CC1. The molecule has 0 unspecified atom stereocenters. The molecular formula is C19H28N2O3. The molecule has 2 amide bonds. The first-order chi connectivity index (χ1) is 11.5. The summed E-state index contributed by atoms with van der Waals surface area (Å²) in [5.74, 6) is 1.17. The maximum absolute atomic E-state index is 12.5. The van der Waals surface area contributed by atoms with Crippen LogP contribution in [0.2, 0.25) is 0 Å². The molecule has 0 saturated carbocycles. The lowest BCUT2D eigenvalue weighted by Crippen LogP contribution is -2.52. The number of rotatable bonds is 6. The fourth-order valence-electron chi connectivity index (χ4n) is 3.11. The first kappa shape index (κ1) is 18.3. The van der Waals surface area contributed by atoms with Gasteiger partial charge < -0.3 is 14.5 Å². The van der Waals surface area contributed by atoms with Crippen molar-refractivity contribution in [3.8, 4) is 5.75 Å². The van der Waals surface area contributed by atoms with Crippen molar-refractivity contribution < 1.29 is 14.3 Å². The standard InChI is InChI=1S/C19H28N2O3/c1-4-6-15(2)19(23)21-11-9-20(10-12-21)18(22)14-16-7-5-8-17(13-16)24-3/h5,7-8,13,15H,4,6,9-12,14H2,1-3H3/t15-/m1/s1. The van der Waals surface area contributed by atoms with E-state index in [0.29, 0.717) is 32.6 Å². The van der Waals surface area contributed by atoms with Crippen LogP contribution in [-0.2, 0) is 16.0 Å². The molecule has 132 valence electrons. The minimum absolute atomic E-state index is 0.0778.